The van der Waals surface area contributed by atoms with E-state index in [9.17, 15) is 24.3 Å². The Morgan fingerprint density at radius 3 is 2.50 bits per heavy atom. The van der Waals surface area contributed by atoms with Crippen molar-refractivity contribution in [1.82, 2.24) is 15.1 Å². The van der Waals surface area contributed by atoms with E-state index in [2.05, 4.69) is 18.5 Å². The molecule has 1 spiro atoms. The maximum atomic E-state index is 14.6. The van der Waals surface area contributed by atoms with Crippen molar-refractivity contribution in [2.75, 3.05) is 13.2 Å². The number of nitrogens with zero attached hydrogens (tertiary/aromatic N) is 2. The van der Waals surface area contributed by atoms with E-state index in [0.29, 0.717) is 31.4 Å². The zero-order chi connectivity index (χ0) is 33.0. The molecule has 4 aliphatic rings. The van der Waals surface area contributed by atoms with Gasteiger partial charge in [0.25, 0.3) is 0 Å². The summed E-state index contributed by atoms with van der Waals surface area (Å²) in [5.41, 5.74) is -0.493. The van der Waals surface area contributed by atoms with E-state index in [1.807, 2.05) is 35.2 Å². The number of hydrogen-bond donors (Lipinski definition) is 2. The Balaban J connectivity index is 1.45. The first-order valence-corrected chi connectivity index (χ1v) is 16.9. The highest BCUT2D eigenvalue weighted by Gasteiger charge is 2.75. The van der Waals surface area contributed by atoms with Gasteiger partial charge in [-0.15, -0.1) is 13.2 Å². The number of hydrogen-bond acceptors (Lipinski definition) is 7. The number of allylic oxidation sites excluding steroid dienone is 1. The number of ether oxygens (including phenoxy) is 2. The summed E-state index contributed by atoms with van der Waals surface area (Å²) in [5.74, 6) is -3.21. The van der Waals surface area contributed by atoms with E-state index in [-0.39, 0.29) is 36.8 Å². The summed E-state index contributed by atoms with van der Waals surface area (Å²) in [7, 11) is 0. The molecule has 10 nitrogen and oxygen atoms in total. The monoisotopic (exact) mass is 635 g/mol. The van der Waals surface area contributed by atoms with Crippen LogP contribution in [0.1, 0.15) is 83.3 Å². The molecule has 8 atom stereocenters. The smallest absolute Gasteiger partial charge is 0.313 e. The molecule has 1 aliphatic carbocycles. The maximum absolute atomic E-state index is 14.6. The Kier molecular flexibility index (Phi) is 10.7. The van der Waals surface area contributed by atoms with Crippen LogP contribution in [-0.4, -0.2) is 87.6 Å². The van der Waals surface area contributed by atoms with E-state index in [1.54, 1.807) is 26.0 Å². The summed E-state index contributed by atoms with van der Waals surface area (Å²) in [6.45, 7) is 11.1. The third-order valence-electron chi connectivity index (χ3n) is 10.4. The second-order valence-corrected chi connectivity index (χ2v) is 13.4. The Morgan fingerprint density at radius 1 is 1.13 bits per heavy atom. The van der Waals surface area contributed by atoms with Crippen molar-refractivity contribution in [1.29, 1.82) is 0 Å². The molecular formula is C36H49N3O7. The molecule has 0 radical (unpaired) electrons. The fourth-order valence-corrected chi connectivity index (χ4v) is 8.25. The normalized spacial score (nSPS) is 29.0. The van der Waals surface area contributed by atoms with E-state index >= 15 is 0 Å². The molecule has 2 bridgehead atoms. The molecule has 1 saturated carbocycles. The Morgan fingerprint density at radius 2 is 1.85 bits per heavy atom. The first-order valence-electron chi connectivity index (χ1n) is 16.9. The highest BCUT2D eigenvalue weighted by Crippen LogP contribution is 2.59. The second kappa shape index (κ2) is 14.5. The minimum Gasteiger partial charge on any atom is -0.455 e. The van der Waals surface area contributed by atoms with Gasteiger partial charge >= 0.3 is 5.97 Å². The zero-order valence-corrected chi connectivity index (χ0v) is 27.1. The number of nitrogens with one attached hydrogen (secondary N) is 1. The van der Waals surface area contributed by atoms with Crippen molar-refractivity contribution in [2.24, 2.45) is 11.8 Å². The molecule has 1 aromatic carbocycles. The van der Waals surface area contributed by atoms with E-state index < -0.39 is 53.7 Å². The number of carbonyl (C=O) groups is 4. The summed E-state index contributed by atoms with van der Waals surface area (Å²) in [6, 6.07) is 7.06. The Bertz CT molecular complexity index is 1300. The zero-order valence-electron chi connectivity index (χ0n) is 27.1. The average molecular weight is 636 g/mol. The minimum absolute atomic E-state index is 0.0326. The van der Waals surface area contributed by atoms with E-state index in [0.717, 1.165) is 32.1 Å². The number of amides is 3. The standard InChI is InChI=1S/C36H49N3O7/c1-5-7-18-28(41)37-24(4)31(25-14-10-8-11-15-25)45-35(44)29-27-19-20-36(46-27)30(29)33(42)39(23(3)22-40)32(36)34(43)38(21-6-2)26-16-12-9-13-17-26/h5-6,8,10-11,14-15,23-24,26-27,29-32,40H,1-2,7,9,12-13,16-22H2,3-4H3,(H,37,41)/t23-,24-,27-,29+,30+,31-,32-,36+/m1/s1. The third-order valence-corrected chi connectivity index (χ3v) is 10.4. The topological polar surface area (TPSA) is 125 Å². The third kappa shape index (κ3) is 6.26. The minimum atomic E-state index is -1.20. The van der Waals surface area contributed by atoms with Gasteiger partial charge in [0.15, 0.2) is 0 Å². The highest BCUT2D eigenvalue weighted by molar-refractivity contribution is 5.98. The molecule has 1 aromatic rings. The van der Waals surface area contributed by atoms with Gasteiger partial charge in [0, 0.05) is 19.0 Å². The predicted molar refractivity (Wildman–Crippen MR) is 172 cm³/mol. The van der Waals surface area contributed by atoms with E-state index in [4.69, 9.17) is 9.47 Å². The number of aliphatic hydroxyl groups is 1. The molecule has 5 rings (SSSR count). The Hall–Kier alpha value is -3.50. The average Bonchev–Trinajstić information content (AvgIpc) is 3.72. The van der Waals surface area contributed by atoms with Crippen LogP contribution in [0.25, 0.3) is 0 Å². The van der Waals surface area contributed by atoms with Gasteiger partial charge < -0.3 is 29.7 Å². The second-order valence-electron chi connectivity index (χ2n) is 13.4. The fourth-order valence-electron chi connectivity index (χ4n) is 8.25. The molecule has 3 saturated heterocycles. The molecule has 3 aliphatic heterocycles. The highest BCUT2D eigenvalue weighted by atomic mass is 16.6. The van der Waals surface area contributed by atoms with Crippen molar-refractivity contribution in [3.63, 3.8) is 0 Å². The van der Waals surface area contributed by atoms with Crippen LogP contribution in [0.5, 0.6) is 0 Å². The van der Waals surface area contributed by atoms with Crippen molar-refractivity contribution in [3.8, 4) is 0 Å². The van der Waals surface area contributed by atoms with Crippen LogP contribution in [0.2, 0.25) is 0 Å². The van der Waals surface area contributed by atoms with Gasteiger partial charge in [-0.2, -0.15) is 0 Å². The summed E-state index contributed by atoms with van der Waals surface area (Å²) in [6.07, 6.45) is 8.69. The predicted octanol–water partition coefficient (Wildman–Crippen LogP) is 3.84. The molecule has 3 heterocycles. The summed E-state index contributed by atoms with van der Waals surface area (Å²) < 4.78 is 12.8. The van der Waals surface area contributed by atoms with Crippen molar-refractivity contribution < 1.29 is 33.8 Å². The number of fused-ring (bicyclic) bond motifs is 1. The summed E-state index contributed by atoms with van der Waals surface area (Å²) in [4.78, 5) is 59.1. The lowest BCUT2D eigenvalue weighted by Gasteiger charge is -2.41. The molecule has 250 valence electrons. The molecule has 0 aromatic heterocycles. The van der Waals surface area contributed by atoms with Crippen LogP contribution in [0.4, 0.5) is 0 Å². The first kappa shape index (κ1) is 33.9. The van der Waals surface area contributed by atoms with Gasteiger partial charge in [0.05, 0.1) is 36.6 Å². The molecular weight excluding hydrogens is 586 g/mol. The van der Waals surface area contributed by atoms with Crippen LogP contribution in [-0.2, 0) is 28.7 Å². The Labute approximate surface area is 272 Å². The molecule has 10 heteroatoms. The van der Waals surface area contributed by atoms with Gasteiger partial charge in [0.1, 0.15) is 17.7 Å². The van der Waals surface area contributed by atoms with Crippen molar-refractivity contribution >= 4 is 23.7 Å². The van der Waals surface area contributed by atoms with Crippen LogP contribution in [0, 0.1) is 11.8 Å². The maximum Gasteiger partial charge on any atom is 0.313 e. The molecule has 4 fully saturated rings. The number of likely N-dealkylation sites (tertiary alicyclic amines) is 1. The number of esters is 1. The number of aliphatic hydroxyl groups excluding tert-OH is 1. The number of benzene rings is 1. The fraction of sp³-hybridized carbons (Fsp3) is 0.611. The quantitative estimate of drug-likeness (QED) is 0.235. The van der Waals surface area contributed by atoms with Gasteiger partial charge in [0.2, 0.25) is 17.7 Å². The number of carbonyl (C=O) groups excluding carboxylic acids is 4. The first-order chi connectivity index (χ1) is 22.2. The van der Waals surface area contributed by atoms with Crippen LogP contribution in [0.15, 0.2) is 55.6 Å². The summed E-state index contributed by atoms with van der Waals surface area (Å²) in [5, 5.41) is 13.2. The molecule has 46 heavy (non-hydrogen) atoms. The summed E-state index contributed by atoms with van der Waals surface area (Å²) >= 11 is 0. The van der Waals surface area contributed by atoms with Crippen LogP contribution >= 0.6 is 0 Å². The molecule has 3 amide bonds. The van der Waals surface area contributed by atoms with Gasteiger partial charge in [-0.1, -0.05) is 61.7 Å². The van der Waals surface area contributed by atoms with Crippen molar-refractivity contribution in [3.05, 3.63) is 61.2 Å². The van der Waals surface area contributed by atoms with Crippen LogP contribution < -0.4 is 5.32 Å². The molecule has 0 unspecified atom stereocenters. The largest absolute Gasteiger partial charge is 0.455 e. The lowest BCUT2D eigenvalue weighted by molar-refractivity contribution is -0.162. The van der Waals surface area contributed by atoms with Gasteiger partial charge in [-0.25, -0.2) is 0 Å². The molecule has 2 N–H and O–H groups in total. The number of rotatable bonds is 14. The van der Waals surface area contributed by atoms with Crippen LogP contribution in [0.3, 0.4) is 0 Å². The van der Waals surface area contributed by atoms with Crippen molar-refractivity contribution in [2.45, 2.75) is 114 Å². The lowest BCUT2D eigenvalue weighted by Crippen LogP contribution is -2.60. The lowest BCUT2D eigenvalue weighted by atomic mass is 9.70. The SMILES string of the molecule is C=CCCC(=O)N[C@H](C)[C@@H](OC(=O)[C@@H]1[C@H]2C(=O)N([C@H](C)CO)[C@H](C(=O)N(CC=C)C3CCCCC3)[C@]23CC[C@H]1O3)c1ccccc1. The van der Waals surface area contributed by atoms with Gasteiger partial charge in [-0.3, -0.25) is 19.2 Å². The van der Waals surface area contributed by atoms with Gasteiger partial charge in [-0.05, 0) is 51.5 Å². The van der Waals surface area contributed by atoms with E-state index in [1.165, 1.54) is 4.90 Å².